The highest BCUT2D eigenvalue weighted by Crippen LogP contribution is 2.46. The van der Waals surface area contributed by atoms with Crippen LogP contribution < -0.4 is 28.9 Å². The highest BCUT2D eigenvalue weighted by atomic mass is 127. The first-order chi connectivity index (χ1) is 11.3. The Bertz CT molecular complexity index is 675. The summed E-state index contributed by atoms with van der Waals surface area (Å²) < 4.78 is 5.66. The Balaban J connectivity index is 0.00000225. The molecule has 2 aliphatic heterocycles. The van der Waals surface area contributed by atoms with E-state index in [0.29, 0.717) is 5.92 Å². The minimum absolute atomic E-state index is 0. The summed E-state index contributed by atoms with van der Waals surface area (Å²) >= 11 is 0. The van der Waals surface area contributed by atoms with Crippen molar-refractivity contribution in [3.8, 4) is 0 Å². The number of esters is 1. The van der Waals surface area contributed by atoms with Gasteiger partial charge in [0.05, 0.1) is 52.7 Å². The molecule has 0 radical (unpaired) electrons. The standard InChI is InChI=1S/C19H27N2O3.HI/c1-13-5-6-16-14(11-13)15-12-21(2,3)10-9-17(15)20(16)18(22)7-8-19(23)24-4;/h5-6,11,15,17H,7-10,12H2,1-4H3;1H/q+1;/p-1/t15-,17-;/m0./s1. The molecule has 0 N–H and O–H groups in total. The fourth-order valence-corrected chi connectivity index (χ4v) is 4.16. The summed E-state index contributed by atoms with van der Waals surface area (Å²) in [6, 6.07) is 6.58. The van der Waals surface area contributed by atoms with Gasteiger partial charge in [0.25, 0.3) is 0 Å². The van der Waals surface area contributed by atoms with E-state index in [2.05, 4.69) is 44.0 Å². The predicted molar refractivity (Wildman–Crippen MR) is 92.9 cm³/mol. The third kappa shape index (κ3) is 4.00. The first-order valence-corrected chi connectivity index (χ1v) is 8.64. The SMILES string of the molecule is COC(=O)CCC(=O)N1c2ccc(C)cc2[C@@H]2C[N+](C)(C)CC[C@@H]21.[I-]. The average Bonchev–Trinajstić information content (AvgIpc) is 2.84. The lowest BCUT2D eigenvalue weighted by atomic mass is 9.87. The maximum absolute atomic E-state index is 12.8. The molecule has 5 nitrogen and oxygen atoms in total. The number of aryl methyl sites for hydroxylation is 1. The van der Waals surface area contributed by atoms with Crippen molar-refractivity contribution >= 4 is 17.6 Å². The number of rotatable bonds is 3. The third-order valence-electron chi connectivity index (χ3n) is 5.40. The van der Waals surface area contributed by atoms with Gasteiger partial charge < -0.3 is 38.1 Å². The number of carbonyl (C=O) groups is 2. The van der Waals surface area contributed by atoms with Gasteiger partial charge in [-0.15, -0.1) is 0 Å². The molecule has 2 atom stereocenters. The molecule has 0 aliphatic carbocycles. The van der Waals surface area contributed by atoms with E-state index in [-0.39, 0.29) is 54.7 Å². The second-order valence-corrected chi connectivity index (χ2v) is 7.71. The molecule has 1 saturated heterocycles. The molecule has 25 heavy (non-hydrogen) atoms. The number of carbonyl (C=O) groups excluding carboxylic acids is 2. The van der Waals surface area contributed by atoms with E-state index in [0.717, 1.165) is 29.7 Å². The van der Waals surface area contributed by atoms with Gasteiger partial charge in [0.1, 0.15) is 0 Å². The van der Waals surface area contributed by atoms with Crippen LogP contribution >= 0.6 is 0 Å². The maximum atomic E-state index is 12.8. The van der Waals surface area contributed by atoms with Crippen molar-refractivity contribution < 1.29 is 42.8 Å². The van der Waals surface area contributed by atoms with Crippen LogP contribution in [0, 0.1) is 6.92 Å². The lowest BCUT2D eigenvalue weighted by molar-refractivity contribution is -0.896. The number of nitrogens with zero attached hydrogens (tertiary/aromatic N) is 2. The molecule has 3 rings (SSSR count). The molecule has 0 unspecified atom stereocenters. The number of hydrogen-bond acceptors (Lipinski definition) is 3. The topological polar surface area (TPSA) is 46.6 Å². The minimum atomic E-state index is -0.329. The van der Waals surface area contributed by atoms with Gasteiger partial charge in [-0.05, 0) is 18.6 Å². The zero-order valence-electron chi connectivity index (χ0n) is 15.4. The molecule has 1 amide bonds. The Morgan fingerprint density at radius 2 is 2.00 bits per heavy atom. The van der Waals surface area contributed by atoms with Gasteiger partial charge in [0, 0.05) is 18.5 Å². The smallest absolute Gasteiger partial charge is 0.306 e. The number of piperidine rings is 1. The number of benzene rings is 1. The molecule has 1 aromatic rings. The first kappa shape index (κ1) is 20.2. The number of anilines is 1. The lowest BCUT2D eigenvalue weighted by Gasteiger charge is -2.41. The van der Waals surface area contributed by atoms with Gasteiger partial charge in [0.15, 0.2) is 0 Å². The van der Waals surface area contributed by atoms with E-state index < -0.39 is 0 Å². The molecule has 1 fully saturated rings. The van der Waals surface area contributed by atoms with Crippen LogP contribution in [0.1, 0.15) is 36.3 Å². The molecule has 0 spiro atoms. The van der Waals surface area contributed by atoms with Gasteiger partial charge in [-0.3, -0.25) is 9.59 Å². The van der Waals surface area contributed by atoms with E-state index in [4.69, 9.17) is 0 Å². The summed E-state index contributed by atoms with van der Waals surface area (Å²) in [4.78, 5) is 26.2. The molecule has 2 heterocycles. The number of fused-ring (bicyclic) bond motifs is 3. The molecular formula is C19H27IN2O3. The number of methoxy groups -OCH3 is 1. The Morgan fingerprint density at radius 1 is 1.28 bits per heavy atom. The summed E-state index contributed by atoms with van der Waals surface area (Å²) in [6.07, 6.45) is 1.35. The van der Waals surface area contributed by atoms with Gasteiger partial charge in [-0.1, -0.05) is 17.7 Å². The summed E-state index contributed by atoms with van der Waals surface area (Å²) in [5.74, 6) is 0.0839. The van der Waals surface area contributed by atoms with E-state index in [1.54, 1.807) is 0 Å². The second-order valence-electron chi connectivity index (χ2n) is 7.71. The highest BCUT2D eigenvalue weighted by Gasteiger charge is 2.47. The largest absolute Gasteiger partial charge is 1.00 e. The zero-order valence-corrected chi connectivity index (χ0v) is 17.6. The van der Waals surface area contributed by atoms with E-state index in [1.807, 2.05) is 4.90 Å². The van der Waals surface area contributed by atoms with E-state index in [1.165, 1.54) is 18.2 Å². The molecule has 6 heteroatoms. The molecule has 138 valence electrons. The zero-order chi connectivity index (χ0) is 17.5. The summed E-state index contributed by atoms with van der Waals surface area (Å²) in [5.41, 5.74) is 3.55. The number of halogens is 1. The highest BCUT2D eigenvalue weighted by molar-refractivity contribution is 5.98. The van der Waals surface area contributed by atoms with Crippen LogP contribution in [0.2, 0.25) is 0 Å². The second kappa shape index (κ2) is 7.61. The Hall–Kier alpha value is -1.15. The van der Waals surface area contributed by atoms with Gasteiger partial charge >= 0.3 is 5.97 Å². The average molecular weight is 458 g/mol. The summed E-state index contributed by atoms with van der Waals surface area (Å²) in [7, 11) is 5.87. The van der Waals surface area contributed by atoms with Crippen LogP contribution in [0.4, 0.5) is 5.69 Å². The molecule has 0 saturated carbocycles. The summed E-state index contributed by atoms with van der Waals surface area (Å²) in [5, 5.41) is 0. The monoisotopic (exact) mass is 458 g/mol. The van der Waals surface area contributed by atoms with Crippen molar-refractivity contribution in [1.82, 2.24) is 0 Å². The lowest BCUT2D eigenvalue weighted by Crippen LogP contribution is -3.00. The molecule has 2 aliphatic rings. The molecule has 1 aromatic carbocycles. The van der Waals surface area contributed by atoms with Crippen molar-refractivity contribution in [2.24, 2.45) is 0 Å². The Labute approximate surface area is 166 Å². The summed E-state index contributed by atoms with van der Waals surface area (Å²) in [6.45, 7) is 4.21. The number of ether oxygens (including phenoxy) is 1. The Morgan fingerprint density at radius 3 is 2.68 bits per heavy atom. The van der Waals surface area contributed by atoms with Crippen LogP contribution in [0.5, 0.6) is 0 Å². The normalized spacial score (nSPS) is 23.3. The fourth-order valence-electron chi connectivity index (χ4n) is 4.16. The van der Waals surface area contributed by atoms with Crippen LogP contribution in [-0.2, 0) is 14.3 Å². The van der Waals surface area contributed by atoms with Gasteiger partial charge in [0.2, 0.25) is 5.91 Å². The minimum Gasteiger partial charge on any atom is -1.00 e. The quantitative estimate of drug-likeness (QED) is 0.340. The van der Waals surface area contributed by atoms with E-state index in [9.17, 15) is 9.59 Å². The number of quaternary nitrogens is 1. The number of amides is 1. The van der Waals surface area contributed by atoms with Crippen LogP contribution in [0.3, 0.4) is 0 Å². The van der Waals surface area contributed by atoms with Crippen molar-refractivity contribution in [3.63, 3.8) is 0 Å². The van der Waals surface area contributed by atoms with Crippen LogP contribution in [0.15, 0.2) is 18.2 Å². The Kier molecular flexibility index (Phi) is 6.14. The van der Waals surface area contributed by atoms with E-state index >= 15 is 0 Å². The van der Waals surface area contributed by atoms with Crippen molar-refractivity contribution in [2.45, 2.75) is 38.1 Å². The van der Waals surface area contributed by atoms with Crippen LogP contribution in [0.25, 0.3) is 0 Å². The van der Waals surface area contributed by atoms with Gasteiger partial charge in [-0.25, -0.2) is 0 Å². The third-order valence-corrected chi connectivity index (χ3v) is 5.40. The number of likely N-dealkylation sites (N-methyl/N-ethyl adjacent to an activating group) is 1. The predicted octanol–water partition coefficient (Wildman–Crippen LogP) is -0.769. The maximum Gasteiger partial charge on any atom is 0.306 e. The van der Waals surface area contributed by atoms with Gasteiger partial charge in [-0.2, -0.15) is 0 Å². The fraction of sp³-hybridized carbons (Fsp3) is 0.579. The van der Waals surface area contributed by atoms with Crippen LogP contribution in [-0.4, -0.2) is 56.7 Å². The molecular weight excluding hydrogens is 431 g/mol. The number of likely N-dealkylation sites (tertiary alicyclic amines) is 1. The molecule has 0 aromatic heterocycles. The molecule has 0 bridgehead atoms. The number of hydrogen-bond donors (Lipinski definition) is 0. The first-order valence-electron chi connectivity index (χ1n) is 8.64. The van der Waals surface area contributed by atoms with Crippen molar-refractivity contribution in [2.75, 3.05) is 39.2 Å². The van der Waals surface area contributed by atoms with Crippen molar-refractivity contribution in [1.29, 1.82) is 0 Å². The van der Waals surface area contributed by atoms with Crippen molar-refractivity contribution in [3.05, 3.63) is 29.3 Å².